The van der Waals surface area contributed by atoms with Crippen LogP contribution in [0.25, 0.3) is 0 Å². The van der Waals surface area contributed by atoms with Crippen LogP contribution in [0.4, 0.5) is 0 Å². The quantitative estimate of drug-likeness (QED) is 0.118. The average Bonchev–Trinajstić information content (AvgIpc) is 3.00. The van der Waals surface area contributed by atoms with Gasteiger partial charge in [0.05, 0.1) is 24.3 Å². The number of hydrogen-bond acceptors (Lipinski definition) is 6. The average molecular weight is 547 g/mol. The molecule has 0 heterocycles. The number of unbranched alkanes of at least 4 members (excludes halogenated alkanes) is 6. The highest BCUT2D eigenvalue weighted by Crippen LogP contribution is 2.22. The number of rotatable bonds is 18. The highest BCUT2D eigenvalue weighted by molar-refractivity contribution is 5.90. The van der Waals surface area contributed by atoms with E-state index in [4.69, 9.17) is 18.9 Å². The first kappa shape index (κ1) is 30.7. The van der Waals surface area contributed by atoms with Crippen LogP contribution < -0.4 is 9.47 Å². The Bertz CT molecular complexity index is 1130. The number of carbonyl (C=O) groups is 2. The highest BCUT2D eigenvalue weighted by atomic mass is 16.6. The number of carbonyl (C=O) groups excluding carboxylic acids is 2. The van der Waals surface area contributed by atoms with Gasteiger partial charge in [-0.25, -0.2) is 9.59 Å². The molecule has 3 rings (SSSR count). The van der Waals surface area contributed by atoms with Crippen molar-refractivity contribution in [3.63, 3.8) is 0 Å². The molecule has 0 aliphatic rings. The maximum atomic E-state index is 13.0. The van der Waals surface area contributed by atoms with Gasteiger partial charge in [-0.05, 0) is 66.9 Å². The molecular weight excluding hydrogens is 504 g/mol. The van der Waals surface area contributed by atoms with Crippen molar-refractivity contribution in [3.05, 3.63) is 95.6 Å². The molecule has 0 saturated carbocycles. The third-order valence-electron chi connectivity index (χ3n) is 6.50. The van der Waals surface area contributed by atoms with Crippen molar-refractivity contribution in [2.45, 2.75) is 71.3 Å². The minimum absolute atomic E-state index is 0.108. The van der Waals surface area contributed by atoms with Gasteiger partial charge in [0.1, 0.15) is 18.1 Å². The minimum Gasteiger partial charge on any atom is -0.494 e. The van der Waals surface area contributed by atoms with Gasteiger partial charge in [0.2, 0.25) is 0 Å². The number of hydrogen-bond donors (Lipinski definition) is 0. The molecular formula is C34H42O6. The van der Waals surface area contributed by atoms with Crippen LogP contribution in [0.2, 0.25) is 0 Å². The van der Waals surface area contributed by atoms with Crippen molar-refractivity contribution in [1.29, 1.82) is 0 Å². The first-order valence-corrected chi connectivity index (χ1v) is 14.5. The number of ether oxygens (including phenoxy) is 4. The normalized spacial score (nSPS) is 11.4. The molecule has 214 valence electrons. The lowest BCUT2D eigenvalue weighted by atomic mass is 10.1. The third-order valence-corrected chi connectivity index (χ3v) is 6.50. The summed E-state index contributed by atoms with van der Waals surface area (Å²) in [5.41, 5.74) is 1.54. The number of benzene rings is 3. The molecule has 0 radical (unpaired) electrons. The largest absolute Gasteiger partial charge is 0.494 e. The van der Waals surface area contributed by atoms with Crippen LogP contribution in [0, 0.1) is 0 Å². The van der Waals surface area contributed by atoms with Crippen molar-refractivity contribution in [2.24, 2.45) is 0 Å². The molecule has 0 bridgehead atoms. The monoisotopic (exact) mass is 546 g/mol. The zero-order chi connectivity index (χ0) is 28.4. The zero-order valence-corrected chi connectivity index (χ0v) is 23.8. The fourth-order valence-electron chi connectivity index (χ4n) is 4.11. The SMILES string of the molecule is CCCCCCOc1ccc(C(=O)OCC(OC(=O)c2ccc(OCCCCCC)cc2)c2ccccc2)cc1. The van der Waals surface area contributed by atoms with E-state index in [-0.39, 0.29) is 6.61 Å². The molecule has 0 fully saturated rings. The molecule has 6 nitrogen and oxygen atoms in total. The lowest BCUT2D eigenvalue weighted by molar-refractivity contribution is -0.00134. The topological polar surface area (TPSA) is 71.1 Å². The summed E-state index contributed by atoms with van der Waals surface area (Å²) >= 11 is 0. The number of esters is 2. The molecule has 0 aliphatic heterocycles. The van der Waals surface area contributed by atoms with Crippen LogP contribution >= 0.6 is 0 Å². The molecule has 3 aromatic carbocycles. The van der Waals surface area contributed by atoms with Crippen molar-refractivity contribution in [3.8, 4) is 11.5 Å². The predicted molar refractivity (Wildman–Crippen MR) is 157 cm³/mol. The van der Waals surface area contributed by atoms with Crippen molar-refractivity contribution in [1.82, 2.24) is 0 Å². The van der Waals surface area contributed by atoms with Crippen LogP contribution in [0.1, 0.15) is 97.6 Å². The summed E-state index contributed by atoms with van der Waals surface area (Å²) in [6.45, 7) is 5.55. The van der Waals surface area contributed by atoms with Crippen molar-refractivity contribution < 1.29 is 28.5 Å². The summed E-state index contributed by atoms with van der Waals surface area (Å²) in [4.78, 5) is 25.7. The van der Waals surface area contributed by atoms with Gasteiger partial charge in [-0.15, -0.1) is 0 Å². The van der Waals surface area contributed by atoms with Crippen LogP contribution in [-0.2, 0) is 9.47 Å². The second-order valence-electron chi connectivity index (χ2n) is 9.77. The van der Waals surface area contributed by atoms with Gasteiger partial charge < -0.3 is 18.9 Å². The van der Waals surface area contributed by atoms with Crippen LogP contribution in [-0.4, -0.2) is 31.8 Å². The van der Waals surface area contributed by atoms with E-state index in [9.17, 15) is 9.59 Å². The first-order chi connectivity index (χ1) is 19.6. The van der Waals surface area contributed by atoms with E-state index in [1.54, 1.807) is 48.5 Å². The molecule has 6 heteroatoms. The summed E-state index contributed by atoms with van der Waals surface area (Å²) in [7, 11) is 0. The maximum absolute atomic E-state index is 13.0. The lowest BCUT2D eigenvalue weighted by Gasteiger charge is -2.19. The van der Waals surface area contributed by atoms with Gasteiger partial charge in [0.15, 0.2) is 6.10 Å². The fraction of sp³-hybridized carbons (Fsp3) is 0.412. The van der Waals surface area contributed by atoms with Gasteiger partial charge >= 0.3 is 11.9 Å². The van der Waals surface area contributed by atoms with Crippen molar-refractivity contribution in [2.75, 3.05) is 19.8 Å². The van der Waals surface area contributed by atoms with Gasteiger partial charge in [-0.3, -0.25) is 0 Å². The van der Waals surface area contributed by atoms with Gasteiger partial charge in [-0.1, -0.05) is 82.7 Å². The Labute approximate surface area is 238 Å². The van der Waals surface area contributed by atoms with Gasteiger partial charge in [0.25, 0.3) is 0 Å². The smallest absolute Gasteiger partial charge is 0.338 e. The lowest BCUT2D eigenvalue weighted by Crippen LogP contribution is -2.19. The summed E-state index contributed by atoms with van der Waals surface area (Å²) < 4.78 is 22.9. The Kier molecular flexibility index (Phi) is 13.6. The van der Waals surface area contributed by atoms with Crippen LogP contribution in [0.5, 0.6) is 11.5 Å². The fourth-order valence-corrected chi connectivity index (χ4v) is 4.11. The molecule has 0 aromatic heterocycles. The highest BCUT2D eigenvalue weighted by Gasteiger charge is 2.21. The Morgan fingerprint density at radius 1 is 0.600 bits per heavy atom. The molecule has 0 N–H and O–H groups in total. The zero-order valence-electron chi connectivity index (χ0n) is 23.8. The third kappa shape index (κ3) is 10.8. The Morgan fingerprint density at radius 2 is 1.10 bits per heavy atom. The molecule has 40 heavy (non-hydrogen) atoms. The van der Waals surface area contributed by atoms with Crippen LogP contribution in [0.15, 0.2) is 78.9 Å². The molecule has 1 unspecified atom stereocenters. The summed E-state index contributed by atoms with van der Waals surface area (Å²) in [5, 5.41) is 0. The molecule has 1 atom stereocenters. The van der Waals surface area contributed by atoms with Gasteiger partial charge in [0, 0.05) is 0 Å². The molecule has 0 saturated heterocycles. The van der Waals surface area contributed by atoms with E-state index in [0.29, 0.717) is 24.3 Å². The molecule has 0 aliphatic carbocycles. The summed E-state index contributed by atoms with van der Waals surface area (Å²) in [5.74, 6) is 0.443. The van der Waals surface area contributed by atoms with Crippen LogP contribution in [0.3, 0.4) is 0 Å². The van der Waals surface area contributed by atoms with Crippen molar-refractivity contribution >= 4 is 11.9 Å². The molecule has 0 spiro atoms. The van der Waals surface area contributed by atoms with E-state index in [1.807, 2.05) is 30.3 Å². The summed E-state index contributed by atoms with van der Waals surface area (Å²) in [6.07, 6.45) is 8.32. The predicted octanol–water partition coefficient (Wildman–Crippen LogP) is 8.36. The second-order valence-corrected chi connectivity index (χ2v) is 9.77. The van der Waals surface area contributed by atoms with E-state index in [0.717, 1.165) is 42.7 Å². The Balaban J connectivity index is 1.54. The van der Waals surface area contributed by atoms with E-state index in [2.05, 4.69) is 13.8 Å². The van der Waals surface area contributed by atoms with E-state index >= 15 is 0 Å². The molecule has 0 amide bonds. The Hall–Kier alpha value is -3.80. The molecule has 3 aromatic rings. The van der Waals surface area contributed by atoms with Gasteiger partial charge in [-0.2, -0.15) is 0 Å². The summed E-state index contributed by atoms with van der Waals surface area (Å²) in [6, 6.07) is 23.1. The van der Waals surface area contributed by atoms with E-state index < -0.39 is 18.0 Å². The maximum Gasteiger partial charge on any atom is 0.338 e. The second kappa shape index (κ2) is 17.7. The first-order valence-electron chi connectivity index (χ1n) is 14.5. The minimum atomic E-state index is -0.752. The standard InChI is InChI=1S/C34H42O6/c1-3-5-7-12-24-37-30-20-16-28(17-21-30)33(35)39-26-32(27-14-10-9-11-15-27)40-34(36)29-18-22-31(23-19-29)38-25-13-8-6-4-2/h9-11,14-23,32H,3-8,12-13,24-26H2,1-2H3. The van der Waals surface area contributed by atoms with E-state index in [1.165, 1.54) is 25.7 Å². The Morgan fingerprint density at radius 3 is 1.60 bits per heavy atom.